The number of aryl methyl sites for hydroxylation is 1. The van der Waals surface area contributed by atoms with Crippen LogP contribution in [0.15, 0.2) is 22.7 Å². The topological polar surface area (TPSA) is 66.5 Å². The zero-order valence-corrected chi connectivity index (χ0v) is 15.3. The van der Waals surface area contributed by atoms with Crippen molar-refractivity contribution in [2.45, 2.75) is 33.2 Å². The first-order valence-corrected chi connectivity index (χ1v) is 9.09. The summed E-state index contributed by atoms with van der Waals surface area (Å²) in [6.45, 7) is 6.93. The van der Waals surface area contributed by atoms with Gasteiger partial charge in [0.1, 0.15) is 0 Å². The second-order valence-corrected chi connectivity index (χ2v) is 8.77. The molecule has 0 bridgehead atoms. The molecule has 1 aromatic rings. The lowest BCUT2D eigenvalue weighted by Crippen LogP contribution is -2.48. The molecule has 1 N–H and O–H groups in total. The maximum Gasteiger partial charge on any atom is 0.239 e. The van der Waals surface area contributed by atoms with Crippen LogP contribution in [0.2, 0.25) is 0 Å². The lowest BCUT2D eigenvalue weighted by Gasteiger charge is -2.32. The van der Waals surface area contributed by atoms with Gasteiger partial charge in [0.25, 0.3) is 0 Å². The summed E-state index contributed by atoms with van der Waals surface area (Å²) >= 11 is 3.35. The fourth-order valence-electron chi connectivity index (χ4n) is 1.94. The number of hydrogen-bond acceptors (Lipinski definition) is 3. The highest BCUT2D eigenvalue weighted by Crippen LogP contribution is 2.21. The van der Waals surface area contributed by atoms with Crippen molar-refractivity contribution in [1.82, 2.24) is 4.31 Å². The molecule has 0 aliphatic rings. The van der Waals surface area contributed by atoms with Gasteiger partial charge in [0.05, 0.1) is 12.8 Å². The molecule has 0 atom stereocenters. The van der Waals surface area contributed by atoms with Gasteiger partial charge in [-0.05, 0) is 51.5 Å². The normalized spacial score (nSPS) is 12.5. The van der Waals surface area contributed by atoms with Crippen LogP contribution in [-0.2, 0) is 14.8 Å². The Bertz CT molecular complexity index is 636. The second kappa shape index (κ2) is 6.46. The Kier molecular flexibility index (Phi) is 5.57. The fourth-order valence-corrected chi connectivity index (χ4v) is 3.76. The van der Waals surface area contributed by atoms with Crippen LogP contribution in [0, 0.1) is 6.92 Å². The van der Waals surface area contributed by atoms with Gasteiger partial charge in [-0.3, -0.25) is 4.79 Å². The Labute approximate surface area is 134 Å². The van der Waals surface area contributed by atoms with Crippen LogP contribution in [0.25, 0.3) is 0 Å². The Morgan fingerprint density at radius 1 is 1.33 bits per heavy atom. The van der Waals surface area contributed by atoms with Gasteiger partial charge in [0, 0.05) is 15.7 Å². The van der Waals surface area contributed by atoms with Crippen molar-refractivity contribution in [3.8, 4) is 0 Å². The number of rotatable bonds is 4. The van der Waals surface area contributed by atoms with E-state index in [2.05, 4.69) is 21.2 Å². The van der Waals surface area contributed by atoms with Crippen molar-refractivity contribution < 1.29 is 13.2 Å². The third-order valence-corrected chi connectivity index (χ3v) is 4.87. The van der Waals surface area contributed by atoms with Crippen molar-refractivity contribution >= 4 is 37.5 Å². The summed E-state index contributed by atoms with van der Waals surface area (Å²) in [6, 6.07) is 5.48. The lowest BCUT2D eigenvalue weighted by molar-refractivity contribution is -0.117. The molecule has 5 nitrogen and oxygen atoms in total. The monoisotopic (exact) mass is 376 g/mol. The van der Waals surface area contributed by atoms with Crippen LogP contribution >= 0.6 is 15.9 Å². The molecule has 0 saturated carbocycles. The van der Waals surface area contributed by atoms with Crippen molar-refractivity contribution in [2.75, 3.05) is 18.1 Å². The van der Waals surface area contributed by atoms with Crippen molar-refractivity contribution in [3.05, 3.63) is 28.2 Å². The van der Waals surface area contributed by atoms with Crippen LogP contribution in [0.5, 0.6) is 0 Å². The van der Waals surface area contributed by atoms with Gasteiger partial charge >= 0.3 is 0 Å². The van der Waals surface area contributed by atoms with E-state index in [1.165, 1.54) is 4.31 Å². The van der Waals surface area contributed by atoms with Crippen LogP contribution in [0.3, 0.4) is 0 Å². The summed E-state index contributed by atoms with van der Waals surface area (Å²) < 4.78 is 25.7. The molecule has 21 heavy (non-hydrogen) atoms. The Hall–Kier alpha value is -0.920. The first-order valence-electron chi connectivity index (χ1n) is 6.45. The highest BCUT2D eigenvalue weighted by atomic mass is 79.9. The summed E-state index contributed by atoms with van der Waals surface area (Å²) in [4.78, 5) is 12.1. The number of benzene rings is 1. The van der Waals surface area contributed by atoms with Crippen molar-refractivity contribution in [2.24, 2.45) is 0 Å². The average Bonchev–Trinajstić information content (AvgIpc) is 2.27. The SMILES string of the molecule is Cc1cc(Br)ccc1NC(=O)CN(C(C)(C)C)S(C)(=O)=O. The van der Waals surface area contributed by atoms with E-state index in [9.17, 15) is 13.2 Å². The van der Waals surface area contributed by atoms with Crippen LogP contribution < -0.4 is 5.32 Å². The number of amides is 1. The van der Waals surface area contributed by atoms with E-state index < -0.39 is 15.6 Å². The molecule has 1 aromatic carbocycles. The molecule has 118 valence electrons. The molecule has 7 heteroatoms. The van der Waals surface area contributed by atoms with Gasteiger partial charge in [0.2, 0.25) is 15.9 Å². The molecule has 0 saturated heterocycles. The number of carbonyl (C=O) groups excluding carboxylic acids is 1. The minimum absolute atomic E-state index is 0.210. The fraction of sp³-hybridized carbons (Fsp3) is 0.500. The van der Waals surface area contributed by atoms with Crippen molar-refractivity contribution in [3.63, 3.8) is 0 Å². The highest BCUT2D eigenvalue weighted by Gasteiger charge is 2.31. The number of sulfonamides is 1. The molecule has 1 rings (SSSR count). The summed E-state index contributed by atoms with van der Waals surface area (Å²) in [6.07, 6.45) is 1.11. The Morgan fingerprint density at radius 3 is 2.33 bits per heavy atom. The van der Waals surface area contributed by atoms with E-state index >= 15 is 0 Å². The van der Waals surface area contributed by atoms with E-state index in [1.54, 1.807) is 26.8 Å². The van der Waals surface area contributed by atoms with Gasteiger partial charge in [0.15, 0.2) is 0 Å². The quantitative estimate of drug-likeness (QED) is 0.878. The van der Waals surface area contributed by atoms with Crippen LogP contribution in [0.1, 0.15) is 26.3 Å². The largest absolute Gasteiger partial charge is 0.325 e. The number of anilines is 1. The maximum absolute atomic E-state index is 12.1. The molecule has 0 aromatic heterocycles. The number of nitrogens with one attached hydrogen (secondary N) is 1. The molecular weight excluding hydrogens is 356 g/mol. The standard InChI is InChI=1S/C14H21BrN2O3S/c1-10-8-11(15)6-7-12(10)16-13(18)9-17(14(2,3)4)21(5,19)20/h6-8H,9H2,1-5H3,(H,16,18). The predicted molar refractivity (Wildman–Crippen MR) is 88.8 cm³/mol. The Morgan fingerprint density at radius 2 is 1.90 bits per heavy atom. The molecular formula is C14H21BrN2O3S. The number of halogens is 1. The van der Waals surface area contributed by atoms with E-state index in [-0.39, 0.29) is 12.5 Å². The number of nitrogens with zero attached hydrogens (tertiary/aromatic N) is 1. The molecule has 0 radical (unpaired) electrons. The Balaban J connectivity index is 2.89. The minimum atomic E-state index is -3.46. The summed E-state index contributed by atoms with van der Waals surface area (Å²) in [5.41, 5.74) is 0.921. The van der Waals surface area contributed by atoms with Gasteiger partial charge in [-0.1, -0.05) is 15.9 Å². The first-order chi connectivity index (χ1) is 9.41. The highest BCUT2D eigenvalue weighted by molar-refractivity contribution is 9.10. The summed E-state index contributed by atoms with van der Waals surface area (Å²) in [7, 11) is -3.46. The summed E-state index contributed by atoms with van der Waals surface area (Å²) in [5.74, 6) is -0.360. The van der Waals surface area contributed by atoms with E-state index in [4.69, 9.17) is 0 Å². The second-order valence-electron chi connectivity index (χ2n) is 5.95. The zero-order chi connectivity index (χ0) is 16.4. The average molecular weight is 377 g/mol. The van der Waals surface area contributed by atoms with E-state index in [0.29, 0.717) is 5.69 Å². The molecule has 0 aliphatic heterocycles. The first kappa shape index (κ1) is 18.1. The zero-order valence-electron chi connectivity index (χ0n) is 12.9. The third kappa shape index (κ3) is 5.41. The van der Waals surface area contributed by atoms with Gasteiger partial charge in [-0.25, -0.2) is 8.42 Å². The third-order valence-electron chi connectivity index (χ3n) is 2.90. The molecule has 1 amide bonds. The van der Waals surface area contributed by atoms with Crippen molar-refractivity contribution in [1.29, 1.82) is 0 Å². The summed E-state index contributed by atoms with van der Waals surface area (Å²) in [5, 5.41) is 2.75. The predicted octanol–water partition coefficient (Wildman–Crippen LogP) is 2.76. The van der Waals surface area contributed by atoms with Crippen LogP contribution in [0.4, 0.5) is 5.69 Å². The lowest BCUT2D eigenvalue weighted by atomic mass is 10.1. The van der Waals surface area contributed by atoms with Gasteiger partial charge in [-0.15, -0.1) is 0 Å². The van der Waals surface area contributed by atoms with E-state index in [1.807, 2.05) is 19.1 Å². The number of carbonyl (C=O) groups is 1. The molecule has 0 fully saturated rings. The van der Waals surface area contributed by atoms with E-state index in [0.717, 1.165) is 16.3 Å². The minimum Gasteiger partial charge on any atom is -0.325 e. The van der Waals surface area contributed by atoms with Crippen LogP contribution in [-0.4, -0.2) is 37.0 Å². The smallest absolute Gasteiger partial charge is 0.239 e. The molecule has 0 spiro atoms. The molecule has 0 aliphatic carbocycles. The number of hydrogen-bond donors (Lipinski definition) is 1. The molecule has 0 unspecified atom stereocenters. The van der Waals surface area contributed by atoms with Gasteiger partial charge < -0.3 is 5.32 Å². The van der Waals surface area contributed by atoms with Gasteiger partial charge in [-0.2, -0.15) is 4.31 Å². The maximum atomic E-state index is 12.1. The molecule has 0 heterocycles.